The van der Waals surface area contributed by atoms with Crippen LogP contribution in [0, 0.1) is 5.92 Å². The summed E-state index contributed by atoms with van der Waals surface area (Å²) >= 11 is 0. The Morgan fingerprint density at radius 1 is 1.33 bits per heavy atom. The number of anilines is 1. The van der Waals surface area contributed by atoms with E-state index in [0.717, 1.165) is 12.8 Å². The van der Waals surface area contributed by atoms with Gasteiger partial charge >= 0.3 is 6.01 Å². The van der Waals surface area contributed by atoms with Gasteiger partial charge in [-0.05, 0) is 25.7 Å². The lowest BCUT2D eigenvalue weighted by molar-refractivity contribution is 0.0579. The zero-order valence-corrected chi connectivity index (χ0v) is 12.0. The predicted octanol–water partition coefficient (Wildman–Crippen LogP) is 2.79. The fourth-order valence-electron chi connectivity index (χ4n) is 1.50. The molecule has 1 aromatic rings. The molecule has 0 spiro atoms. The van der Waals surface area contributed by atoms with Crippen molar-refractivity contribution < 1.29 is 9.63 Å². The Kier molecular flexibility index (Phi) is 5.14. The van der Waals surface area contributed by atoms with Crippen LogP contribution in [0.5, 0.6) is 0 Å². The van der Waals surface area contributed by atoms with Crippen LogP contribution in [0.25, 0.3) is 0 Å². The molecule has 1 aromatic heterocycles. The summed E-state index contributed by atoms with van der Waals surface area (Å²) in [6.07, 6.45) is 1.75. The van der Waals surface area contributed by atoms with Crippen molar-refractivity contribution in [1.29, 1.82) is 0 Å². The van der Waals surface area contributed by atoms with Gasteiger partial charge in [-0.15, -0.1) is 0 Å². The monoisotopic (exact) mass is 255 g/mol. The molecule has 0 aliphatic heterocycles. The van der Waals surface area contributed by atoms with E-state index < -0.39 is 5.60 Å². The first kappa shape index (κ1) is 15.0. The van der Waals surface area contributed by atoms with Gasteiger partial charge in [-0.3, -0.25) is 0 Å². The molecule has 5 heteroatoms. The standard InChI is InChI=1S/C13H25N3O2/c1-9(2)6-7-13(5,17)8-14-12-15-11(10(3)4)16-18-12/h9-10,17H,6-8H2,1-5H3,(H,14,15,16). The number of nitrogens with one attached hydrogen (secondary N) is 1. The molecule has 1 unspecified atom stereocenters. The van der Waals surface area contributed by atoms with E-state index in [1.165, 1.54) is 0 Å². The van der Waals surface area contributed by atoms with Crippen molar-refractivity contribution in [2.24, 2.45) is 5.92 Å². The van der Waals surface area contributed by atoms with Crippen LogP contribution >= 0.6 is 0 Å². The van der Waals surface area contributed by atoms with E-state index in [2.05, 4.69) is 29.3 Å². The van der Waals surface area contributed by atoms with Crippen LogP contribution in [0.3, 0.4) is 0 Å². The third kappa shape index (κ3) is 5.04. The minimum absolute atomic E-state index is 0.241. The largest absolute Gasteiger partial charge is 0.388 e. The first-order chi connectivity index (χ1) is 8.30. The maximum atomic E-state index is 10.2. The van der Waals surface area contributed by atoms with Crippen molar-refractivity contribution in [3.63, 3.8) is 0 Å². The van der Waals surface area contributed by atoms with Gasteiger partial charge in [0.25, 0.3) is 0 Å². The summed E-state index contributed by atoms with van der Waals surface area (Å²) in [5.41, 5.74) is -0.753. The Bertz CT molecular complexity index is 359. The van der Waals surface area contributed by atoms with E-state index in [0.29, 0.717) is 24.3 Å². The molecule has 0 saturated heterocycles. The molecule has 0 aliphatic rings. The Labute approximate surface area is 109 Å². The molecule has 0 bridgehead atoms. The molecule has 0 saturated carbocycles. The summed E-state index contributed by atoms with van der Waals surface area (Å²) in [4.78, 5) is 4.21. The lowest BCUT2D eigenvalue weighted by Crippen LogP contribution is -2.33. The smallest absolute Gasteiger partial charge is 0.321 e. The summed E-state index contributed by atoms with van der Waals surface area (Å²) in [5, 5.41) is 17.0. The van der Waals surface area contributed by atoms with Crippen molar-refractivity contribution in [1.82, 2.24) is 10.1 Å². The van der Waals surface area contributed by atoms with Crippen LogP contribution in [0.2, 0.25) is 0 Å². The minimum Gasteiger partial charge on any atom is -0.388 e. The number of rotatable bonds is 7. The molecule has 0 amide bonds. The second kappa shape index (κ2) is 6.18. The normalized spacial score (nSPS) is 15.1. The Balaban J connectivity index is 2.43. The third-order valence-electron chi connectivity index (χ3n) is 2.84. The quantitative estimate of drug-likeness (QED) is 0.784. The fourth-order valence-corrected chi connectivity index (χ4v) is 1.50. The summed E-state index contributed by atoms with van der Waals surface area (Å²) in [6, 6.07) is 0.378. The molecule has 0 fully saturated rings. The Morgan fingerprint density at radius 2 is 2.00 bits per heavy atom. The van der Waals surface area contributed by atoms with E-state index >= 15 is 0 Å². The molecular weight excluding hydrogens is 230 g/mol. The van der Waals surface area contributed by atoms with Crippen LogP contribution in [-0.4, -0.2) is 27.4 Å². The van der Waals surface area contributed by atoms with Crippen LogP contribution in [0.15, 0.2) is 4.52 Å². The summed E-state index contributed by atoms with van der Waals surface area (Å²) in [5.74, 6) is 1.51. The average molecular weight is 255 g/mol. The molecule has 0 aliphatic carbocycles. The first-order valence-electron chi connectivity index (χ1n) is 6.60. The number of aliphatic hydroxyl groups is 1. The van der Waals surface area contributed by atoms with Crippen LogP contribution in [0.4, 0.5) is 6.01 Å². The van der Waals surface area contributed by atoms with Gasteiger partial charge in [0.05, 0.1) is 5.60 Å². The van der Waals surface area contributed by atoms with E-state index in [9.17, 15) is 5.11 Å². The van der Waals surface area contributed by atoms with Gasteiger partial charge in [-0.1, -0.05) is 32.9 Å². The molecule has 5 nitrogen and oxygen atoms in total. The lowest BCUT2D eigenvalue weighted by Gasteiger charge is -2.23. The number of aromatic nitrogens is 2. The Hall–Kier alpha value is -1.10. The third-order valence-corrected chi connectivity index (χ3v) is 2.84. The van der Waals surface area contributed by atoms with E-state index in [4.69, 9.17) is 4.52 Å². The minimum atomic E-state index is -0.753. The first-order valence-corrected chi connectivity index (χ1v) is 6.60. The van der Waals surface area contributed by atoms with Gasteiger partial charge in [0.15, 0.2) is 5.82 Å². The summed E-state index contributed by atoms with van der Waals surface area (Å²) < 4.78 is 5.06. The van der Waals surface area contributed by atoms with Crippen LogP contribution in [-0.2, 0) is 0 Å². The van der Waals surface area contributed by atoms with Gasteiger partial charge in [0.2, 0.25) is 0 Å². The van der Waals surface area contributed by atoms with Gasteiger partial charge in [0, 0.05) is 12.5 Å². The number of hydrogen-bond acceptors (Lipinski definition) is 5. The fraction of sp³-hybridized carbons (Fsp3) is 0.846. The summed E-state index contributed by atoms with van der Waals surface area (Å²) in [7, 11) is 0. The van der Waals surface area contributed by atoms with Gasteiger partial charge < -0.3 is 14.9 Å². The van der Waals surface area contributed by atoms with E-state index in [-0.39, 0.29) is 5.92 Å². The van der Waals surface area contributed by atoms with Crippen molar-refractivity contribution in [2.45, 2.75) is 59.0 Å². The number of nitrogens with zero attached hydrogens (tertiary/aromatic N) is 2. The zero-order chi connectivity index (χ0) is 13.8. The molecule has 1 atom stereocenters. The van der Waals surface area contributed by atoms with Crippen LogP contribution < -0.4 is 5.32 Å². The Morgan fingerprint density at radius 3 is 2.50 bits per heavy atom. The highest BCUT2D eigenvalue weighted by Crippen LogP contribution is 2.18. The van der Waals surface area contributed by atoms with Gasteiger partial charge in [-0.25, -0.2) is 0 Å². The second-order valence-electron chi connectivity index (χ2n) is 5.90. The topological polar surface area (TPSA) is 71.2 Å². The molecule has 104 valence electrons. The molecule has 18 heavy (non-hydrogen) atoms. The zero-order valence-electron chi connectivity index (χ0n) is 12.0. The molecular formula is C13H25N3O2. The molecule has 1 heterocycles. The predicted molar refractivity (Wildman–Crippen MR) is 71.6 cm³/mol. The lowest BCUT2D eigenvalue weighted by atomic mass is 9.95. The van der Waals surface area contributed by atoms with Crippen molar-refractivity contribution in [2.75, 3.05) is 11.9 Å². The highest BCUT2D eigenvalue weighted by Gasteiger charge is 2.21. The maximum absolute atomic E-state index is 10.2. The van der Waals surface area contributed by atoms with Crippen molar-refractivity contribution >= 4 is 6.01 Å². The SMILES string of the molecule is CC(C)CCC(C)(O)CNc1nc(C(C)C)no1. The molecule has 1 rings (SSSR count). The molecule has 0 aromatic carbocycles. The second-order valence-corrected chi connectivity index (χ2v) is 5.90. The van der Waals surface area contributed by atoms with E-state index in [1.807, 2.05) is 20.8 Å². The molecule has 2 N–H and O–H groups in total. The number of hydrogen-bond donors (Lipinski definition) is 2. The van der Waals surface area contributed by atoms with E-state index in [1.54, 1.807) is 0 Å². The maximum Gasteiger partial charge on any atom is 0.321 e. The highest BCUT2D eigenvalue weighted by molar-refractivity contribution is 5.19. The van der Waals surface area contributed by atoms with Gasteiger partial charge in [0.1, 0.15) is 0 Å². The average Bonchev–Trinajstić information content (AvgIpc) is 2.73. The van der Waals surface area contributed by atoms with Gasteiger partial charge in [-0.2, -0.15) is 4.98 Å². The van der Waals surface area contributed by atoms with Crippen LogP contribution in [0.1, 0.15) is 59.2 Å². The van der Waals surface area contributed by atoms with Crippen molar-refractivity contribution in [3.8, 4) is 0 Å². The highest BCUT2D eigenvalue weighted by atomic mass is 16.5. The molecule has 0 radical (unpaired) electrons. The summed E-state index contributed by atoms with van der Waals surface area (Å²) in [6.45, 7) is 10.6. The van der Waals surface area contributed by atoms with Crippen molar-refractivity contribution in [3.05, 3.63) is 5.82 Å².